The Morgan fingerprint density at radius 2 is 2.06 bits per heavy atom. The van der Waals surface area contributed by atoms with Gasteiger partial charge >= 0.3 is 13.7 Å². The predicted molar refractivity (Wildman–Crippen MR) is 66.1 cm³/mol. The van der Waals surface area contributed by atoms with Crippen molar-refractivity contribution in [2.24, 2.45) is 0 Å². The molecule has 0 aliphatic rings. The highest BCUT2D eigenvalue weighted by Crippen LogP contribution is 2.30. The number of phenolic OH excluding ortho intramolecular Hbond substituents is 1. The van der Waals surface area contributed by atoms with E-state index in [0.717, 1.165) is 0 Å². The maximum atomic E-state index is 10.9. The van der Waals surface area contributed by atoms with Crippen molar-refractivity contribution in [2.75, 3.05) is 0 Å². The van der Waals surface area contributed by atoms with Crippen LogP contribution in [-0.4, -0.2) is 32.0 Å². The minimum absolute atomic E-state index is 0.00595. The molecule has 0 unspecified atom stereocenters. The second-order valence-electron chi connectivity index (χ2n) is 3.55. The van der Waals surface area contributed by atoms with Crippen LogP contribution in [0.2, 0.25) is 0 Å². The molecule has 0 spiro atoms. The number of hydrogen-bond donors (Lipinski definition) is 5. The monoisotopic (exact) mass is 339 g/mol. The van der Waals surface area contributed by atoms with Gasteiger partial charge in [-0.25, -0.2) is 9.65 Å². The van der Waals surface area contributed by atoms with Crippen molar-refractivity contribution < 1.29 is 29.4 Å². The van der Waals surface area contributed by atoms with E-state index in [1.165, 1.54) is 18.2 Å². The van der Waals surface area contributed by atoms with Gasteiger partial charge in [-0.3, -0.25) is 4.79 Å². The fourth-order valence-electron chi connectivity index (χ4n) is 1.30. The lowest BCUT2D eigenvalue weighted by atomic mass is 10.1. The molecule has 0 radical (unpaired) electrons. The highest BCUT2D eigenvalue weighted by Gasteiger charge is 2.26. The van der Waals surface area contributed by atoms with Gasteiger partial charge in [-0.15, -0.1) is 0 Å². The van der Waals surface area contributed by atoms with Gasteiger partial charge in [-0.05, 0) is 40.0 Å². The fourth-order valence-corrected chi connectivity index (χ4v) is 2.34. The number of carbonyl (C=O) groups is 1. The molecule has 0 heterocycles. The Morgan fingerprint density at radius 1 is 1.44 bits per heavy atom. The molecule has 7 nitrogen and oxygen atoms in total. The lowest BCUT2D eigenvalue weighted by Crippen LogP contribution is -2.36. The number of aromatic hydroxyl groups is 1. The van der Waals surface area contributed by atoms with Gasteiger partial charge in [0.1, 0.15) is 11.8 Å². The number of carboxylic acid groups (broad SMARTS) is 1. The number of carboxylic acids is 1. The second kappa shape index (κ2) is 5.81. The molecule has 1 atom stereocenters. The molecule has 0 amide bonds. The van der Waals surface area contributed by atoms with Crippen LogP contribution in [0.1, 0.15) is 5.56 Å². The Kier molecular flexibility index (Phi) is 4.89. The minimum Gasteiger partial charge on any atom is -0.507 e. The zero-order chi connectivity index (χ0) is 13.9. The van der Waals surface area contributed by atoms with Gasteiger partial charge in [-0.2, -0.15) is 0 Å². The topological polar surface area (TPSA) is 127 Å². The summed E-state index contributed by atoms with van der Waals surface area (Å²) in [6.45, 7) is 0. The number of phenols is 1. The van der Waals surface area contributed by atoms with Crippen molar-refractivity contribution in [3.05, 3.63) is 28.2 Å². The Morgan fingerprint density at radius 3 is 2.50 bits per heavy atom. The molecule has 1 rings (SSSR count). The van der Waals surface area contributed by atoms with Crippen LogP contribution in [0.4, 0.5) is 0 Å². The summed E-state index contributed by atoms with van der Waals surface area (Å²) in [5.74, 6) is -1.38. The van der Waals surface area contributed by atoms with Gasteiger partial charge in [0.15, 0.2) is 0 Å². The Balaban J connectivity index is 2.87. The third-order valence-corrected chi connectivity index (χ3v) is 3.36. The zero-order valence-corrected chi connectivity index (χ0v) is 11.4. The summed E-state index contributed by atoms with van der Waals surface area (Å²) < 4.78 is 11.1. The van der Waals surface area contributed by atoms with E-state index in [2.05, 4.69) is 15.9 Å². The average molecular weight is 340 g/mol. The molecule has 5 N–H and O–H groups in total. The minimum atomic E-state index is -4.63. The summed E-state index contributed by atoms with van der Waals surface area (Å²) in [6, 6.07) is 2.89. The van der Waals surface area contributed by atoms with Crippen molar-refractivity contribution in [3.63, 3.8) is 0 Å². The molecule has 1 aromatic carbocycles. The lowest BCUT2D eigenvalue weighted by molar-refractivity contribution is -0.139. The summed E-state index contributed by atoms with van der Waals surface area (Å²) in [5, 5.41) is 19.9. The van der Waals surface area contributed by atoms with Crippen molar-refractivity contribution >= 4 is 29.6 Å². The molecule has 100 valence electrons. The van der Waals surface area contributed by atoms with Crippen LogP contribution in [0.5, 0.6) is 5.75 Å². The molecule has 9 heteroatoms. The summed E-state index contributed by atoms with van der Waals surface area (Å²) in [5.41, 5.74) is 0.507. The number of halogens is 1. The summed E-state index contributed by atoms with van der Waals surface area (Å²) in [6.07, 6.45) is -0.126. The van der Waals surface area contributed by atoms with E-state index in [1.807, 2.05) is 0 Å². The van der Waals surface area contributed by atoms with Crippen LogP contribution < -0.4 is 5.09 Å². The molecule has 0 aromatic heterocycles. The average Bonchev–Trinajstić information content (AvgIpc) is 2.20. The number of nitrogens with one attached hydrogen (secondary N) is 1. The Hall–Kier alpha value is -0.920. The maximum Gasteiger partial charge on any atom is 0.401 e. The van der Waals surface area contributed by atoms with Gasteiger partial charge < -0.3 is 20.0 Å². The van der Waals surface area contributed by atoms with E-state index in [1.54, 1.807) is 5.09 Å². The van der Waals surface area contributed by atoms with Gasteiger partial charge in [0.25, 0.3) is 0 Å². The fraction of sp³-hybridized carbons (Fsp3) is 0.222. The first-order valence-corrected chi connectivity index (χ1v) is 7.13. The maximum absolute atomic E-state index is 10.9. The van der Waals surface area contributed by atoms with E-state index < -0.39 is 19.8 Å². The van der Waals surface area contributed by atoms with Crippen LogP contribution >= 0.6 is 23.7 Å². The Labute approximate surface area is 111 Å². The molecule has 0 saturated heterocycles. The smallest absolute Gasteiger partial charge is 0.401 e. The first kappa shape index (κ1) is 15.1. The highest BCUT2D eigenvalue weighted by atomic mass is 79.9. The summed E-state index contributed by atoms with van der Waals surface area (Å²) in [7, 11) is -4.63. The van der Waals surface area contributed by atoms with E-state index >= 15 is 0 Å². The first-order valence-electron chi connectivity index (χ1n) is 4.72. The lowest BCUT2D eigenvalue weighted by Gasteiger charge is -2.15. The molecule has 0 bridgehead atoms. The van der Waals surface area contributed by atoms with Crippen molar-refractivity contribution in [2.45, 2.75) is 12.5 Å². The summed E-state index contributed by atoms with van der Waals surface area (Å²) >= 11 is 3.06. The van der Waals surface area contributed by atoms with E-state index in [9.17, 15) is 14.5 Å². The van der Waals surface area contributed by atoms with E-state index in [4.69, 9.17) is 14.9 Å². The molecule has 0 fully saturated rings. The van der Waals surface area contributed by atoms with Crippen LogP contribution in [-0.2, 0) is 15.8 Å². The highest BCUT2D eigenvalue weighted by molar-refractivity contribution is 9.10. The number of hydrogen-bond acceptors (Lipinski definition) is 3. The molecule has 18 heavy (non-hydrogen) atoms. The summed E-state index contributed by atoms with van der Waals surface area (Å²) in [4.78, 5) is 28.3. The molecule has 0 saturated carbocycles. The number of rotatable bonds is 5. The van der Waals surface area contributed by atoms with Crippen LogP contribution in [0.25, 0.3) is 0 Å². The van der Waals surface area contributed by atoms with Gasteiger partial charge in [0.05, 0.1) is 4.47 Å². The first-order chi connectivity index (χ1) is 8.19. The number of aliphatic carboxylic acids is 1. The van der Waals surface area contributed by atoms with Gasteiger partial charge in [0.2, 0.25) is 0 Å². The SMILES string of the molecule is O=C(O)[C@H](Cc1ccc(O)c(Br)c1)NP(=O)(O)O. The largest absolute Gasteiger partial charge is 0.507 e. The van der Waals surface area contributed by atoms with Crippen molar-refractivity contribution in [1.29, 1.82) is 0 Å². The third-order valence-electron chi connectivity index (χ3n) is 2.07. The van der Waals surface area contributed by atoms with Crippen molar-refractivity contribution in [1.82, 2.24) is 5.09 Å². The third kappa shape index (κ3) is 4.75. The van der Waals surface area contributed by atoms with Crippen molar-refractivity contribution in [3.8, 4) is 5.75 Å². The van der Waals surface area contributed by atoms with Crippen LogP contribution in [0, 0.1) is 0 Å². The number of benzene rings is 1. The van der Waals surface area contributed by atoms with Crippen LogP contribution in [0.3, 0.4) is 0 Å². The molecule has 0 aliphatic heterocycles. The Bertz CT molecular complexity index is 502. The van der Waals surface area contributed by atoms with Gasteiger partial charge in [0, 0.05) is 0 Å². The normalized spacial score (nSPS) is 13.3. The second-order valence-corrected chi connectivity index (χ2v) is 5.75. The van der Waals surface area contributed by atoms with Crippen LogP contribution in [0.15, 0.2) is 22.7 Å². The molecular formula is C9H11BrNO6P. The van der Waals surface area contributed by atoms with E-state index in [-0.39, 0.29) is 12.2 Å². The van der Waals surface area contributed by atoms with Gasteiger partial charge in [-0.1, -0.05) is 6.07 Å². The quantitative estimate of drug-likeness (QED) is 0.503. The molecule has 1 aromatic rings. The molecule has 0 aliphatic carbocycles. The molecular weight excluding hydrogens is 329 g/mol. The predicted octanol–water partition coefficient (Wildman–Crippen LogP) is 0.833. The van der Waals surface area contributed by atoms with E-state index in [0.29, 0.717) is 10.0 Å². The zero-order valence-electron chi connectivity index (χ0n) is 8.95. The standard InChI is InChI=1S/C9H11BrNO6P/c10-6-3-5(1-2-8(6)12)4-7(9(13)14)11-18(15,16)17/h1-3,7,12H,4H2,(H,13,14)(H3,11,15,16,17)/t7-/m0/s1.